The zero-order valence-electron chi connectivity index (χ0n) is 9.06. The second kappa shape index (κ2) is 5.55. The van der Waals surface area contributed by atoms with Crippen molar-refractivity contribution in [3.8, 4) is 0 Å². The molecule has 2 heterocycles. The van der Waals surface area contributed by atoms with Gasteiger partial charge in [0.05, 0.1) is 9.95 Å². The molecule has 0 bridgehead atoms. The van der Waals surface area contributed by atoms with Crippen LogP contribution in [0.4, 0.5) is 11.4 Å². The van der Waals surface area contributed by atoms with Crippen molar-refractivity contribution in [2.45, 2.75) is 18.9 Å². The molecule has 1 aromatic heterocycles. The summed E-state index contributed by atoms with van der Waals surface area (Å²) in [4.78, 5) is 14.2. The number of nitro groups is 1. The number of halogens is 1. The Hall–Kier alpha value is -1.01. The molecule has 5 nitrogen and oxygen atoms in total. The molecular formula is C10H12ClN3O2S. The number of nitrogens with zero attached hydrogens (tertiary/aromatic N) is 2. The van der Waals surface area contributed by atoms with Crippen molar-refractivity contribution in [3.05, 3.63) is 27.5 Å². The van der Waals surface area contributed by atoms with Crippen molar-refractivity contribution >= 4 is 34.7 Å². The van der Waals surface area contributed by atoms with Crippen molar-refractivity contribution < 1.29 is 4.92 Å². The first-order chi connectivity index (χ1) is 8.18. The highest BCUT2D eigenvalue weighted by atomic mass is 35.5. The lowest BCUT2D eigenvalue weighted by molar-refractivity contribution is -0.384. The fraction of sp³-hybridized carbons (Fsp3) is 0.500. The van der Waals surface area contributed by atoms with Crippen LogP contribution in [-0.2, 0) is 0 Å². The monoisotopic (exact) mass is 273 g/mol. The minimum absolute atomic E-state index is 0.0620. The zero-order valence-corrected chi connectivity index (χ0v) is 10.6. The Morgan fingerprint density at radius 3 is 3.06 bits per heavy atom. The first kappa shape index (κ1) is 12.4. The molecule has 92 valence electrons. The maximum absolute atomic E-state index is 10.9. The highest BCUT2D eigenvalue weighted by Gasteiger charge is 2.21. The van der Waals surface area contributed by atoms with Gasteiger partial charge in [0, 0.05) is 18.0 Å². The fourth-order valence-electron chi connectivity index (χ4n) is 1.76. The van der Waals surface area contributed by atoms with E-state index in [4.69, 9.17) is 11.6 Å². The van der Waals surface area contributed by atoms with Crippen LogP contribution in [0.3, 0.4) is 0 Å². The van der Waals surface area contributed by atoms with Gasteiger partial charge in [0.25, 0.3) is 0 Å². The van der Waals surface area contributed by atoms with E-state index in [-0.39, 0.29) is 11.7 Å². The molecule has 1 aliphatic rings. The Bertz CT molecular complexity index is 424. The molecule has 0 amide bonds. The van der Waals surface area contributed by atoms with E-state index in [1.807, 2.05) is 11.8 Å². The van der Waals surface area contributed by atoms with E-state index in [0.29, 0.717) is 10.7 Å². The third kappa shape index (κ3) is 3.01. The molecule has 1 atom stereocenters. The summed E-state index contributed by atoms with van der Waals surface area (Å²) in [6.45, 7) is 0. The normalized spacial score (nSPS) is 19.9. The van der Waals surface area contributed by atoms with Crippen LogP contribution in [-0.4, -0.2) is 27.5 Å². The molecule has 1 saturated heterocycles. The van der Waals surface area contributed by atoms with E-state index in [1.54, 1.807) is 0 Å². The summed E-state index contributed by atoms with van der Waals surface area (Å²) in [7, 11) is 0. The Labute approximate surface area is 108 Å². The molecule has 7 heteroatoms. The van der Waals surface area contributed by atoms with Gasteiger partial charge in [-0.15, -0.1) is 0 Å². The van der Waals surface area contributed by atoms with E-state index in [9.17, 15) is 10.1 Å². The molecule has 0 saturated carbocycles. The van der Waals surface area contributed by atoms with Gasteiger partial charge in [-0.05, 0) is 18.6 Å². The van der Waals surface area contributed by atoms with Crippen LogP contribution in [0.2, 0.25) is 5.02 Å². The number of nitrogens with one attached hydrogen (secondary N) is 1. The van der Waals surface area contributed by atoms with Gasteiger partial charge < -0.3 is 5.32 Å². The van der Waals surface area contributed by atoms with Gasteiger partial charge in [0.2, 0.25) is 0 Å². The number of pyridine rings is 1. The molecule has 1 unspecified atom stereocenters. The van der Waals surface area contributed by atoms with Crippen LogP contribution >= 0.6 is 23.4 Å². The first-order valence-corrected chi connectivity index (χ1v) is 6.84. The van der Waals surface area contributed by atoms with Crippen LogP contribution in [0.15, 0.2) is 12.4 Å². The molecule has 0 spiro atoms. The molecule has 1 aromatic rings. The molecule has 1 N–H and O–H groups in total. The van der Waals surface area contributed by atoms with Crippen molar-refractivity contribution in [3.63, 3.8) is 0 Å². The average Bonchev–Trinajstić information content (AvgIpc) is 2.33. The zero-order chi connectivity index (χ0) is 12.3. The Kier molecular flexibility index (Phi) is 4.06. The smallest absolute Gasteiger partial charge is 0.311 e. The maximum Gasteiger partial charge on any atom is 0.311 e. The summed E-state index contributed by atoms with van der Waals surface area (Å²) in [6.07, 6.45) is 4.79. The van der Waals surface area contributed by atoms with Crippen LogP contribution < -0.4 is 5.32 Å². The minimum Gasteiger partial charge on any atom is -0.375 e. The van der Waals surface area contributed by atoms with Crippen LogP contribution in [0, 0.1) is 10.1 Å². The topological polar surface area (TPSA) is 68.1 Å². The van der Waals surface area contributed by atoms with Crippen molar-refractivity contribution in [1.82, 2.24) is 4.98 Å². The lowest BCUT2D eigenvalue weighted by Crippen LogP contribution is -2.26. The highest BCUT2D eigenvalue weighted by molar-refractivity contribution is 7.99. The summed E-state index contributed by atoms with van der Waals surface area (Å²) < 4.78 is 0. The first-order valence-electron chi connectivity index (χ1n) is 5.30. The summed E-state index contributed by atoms with van der Waals surface area (Å²) >= 11 is 7.81. The van der Waals surface area contributed by atoms with Crippen LogP contribution in [0.25, 0.3) is 0 Å². The molecule has 17 heavy (non-hydrogen) atoms. The predicted molar refractivity (Wildman–Crippen MR) is 69.9 cm³/mol. The molecule has 0 radical (unpaired) electrons. The summed E-state index contributed by atoms with van der Waals surface area (Å²) in [5, 5.41) is 14.3. The van der Waals surface area contributed by atoms with Gasteiger partial charge in [-0.3, -0.25) is 15.1 Å². The fourth-order valence-corrected chi connectivity index (χ4v) is 3.04. The van der Waals surface area contributed by atoms with Gasteiger partial charge in [-0.2, -0.15) is 11.8 Å². The van der Waals surface area contributed by atoms with Gasteiger partial charge in [0.1, 0.15) is 11.9 Å². The number of rotatable bonds is 3. The van der Waals surface area contributed by atoms with Crippen molar-refractivity contribution in [2.24, 2.45) is 0 Å². The Morgan fingerprint density at radius 2 is 2.41 bits per heavy atom. The number of anilines is 1. The van der Waals surface area contributed by atoms with E-state index in [1.165, 1.54) is 12.4 Å². The molecule has 0 aliphatic carbocycles. The molecule has 0 aromatic carbocycles. The van der Waals surface area contributed by atoms with Gasteiger partial charge in [0.15, 0.2) is 0 Å². The van der Waals surface area contributed by atoms with Gasteiger partial charge in [-0.1, -0.05) is 11.6 Å². The van der Waals surface area contributed by atoms with E-state index in [2.05, 4.69) is 10.3 Å². The summed E-state index contributed by atoms with van der Waals surface area (Å²) in [6, 6.07) is 0.243. The van der Waals surface area contributed by atoms with E-state index < -0.39 is 4.92 Å². The van der Waals surface area contributed by atoms with Gasteiger partial charge in [-0.25, -0.2) is 0 Å². The molecule has 2 rings (SSSR count). The maximum atomic E-state index is 10.9. The highest BCUT2D eigenvalue weighted by Crippen LogP contribution is 2.32. The lowest BCUT2D eigenvalue weighted by atomic mass is 10.1. The number of aromatic nitrogens is 1. The second-order valence-electron chi connectivity index (χ2n) is 3.83. The van der Waals surface area contributed by atoms with E-state index >= 15 is 0 Å². The standard InChI is InChI=1S/C10H12ClN3O2S/c11-8-4-12-5-9(14(15)16)10(8)13-7-2-1-3-17-6-7/h4-5,7H,1-3,6H2,(H,12,13). The molecule has 1 aliphatic heterocycles. The third-order valence-corrected chi connectivity index (χ3v) is 4.09. The lowest BCUT2D eigenvalue weighted by Gasteiger charge is -2.23. The third-order valence-electron chi connectivity index (χ3n) is 2.59. The summed E-state index contributed by atoms with van der Waals surface area (Å²) in [5.41, 5.74) is 0.326. The van der Waals surface area contributed by atoms with Crippen LogP contribution in [0.1, 0.15) is 12.8 Å². The number of thioether (sulfide) groups is 1. The average molecular weight is 274 g/mol. The van der Waals surface area contributed by atoms with Crippen molar-refractivity contribution in [1.29, 1.82) is 0 Å². The predicted octanol–water partition coefficient (Wildman–Crippen LogP) is 2.95. The van der Waals surface area contributed by atoms with Gasteiger partial charge >= 0.3 is 5.69 Å². The van der Waals surface area contributed by atoms with Crippen LogP contribution in [0.5, 0.6) is 0 Å². The van der Waals surface area contributed by atoms with Crippen molar-refractivity contribution in [2.75, 3.05) is 16.8 Å². The Balaban J connectivity index is 2.21. The number of hydrogen-bond donors (Lipinski definition) is 1. The van der Waals surface area contributed by atoms with E-state index in [0.717, 1.165) is 24.3 Å². The summed E-state index contributed by atoms with van der Waals surface area (Å²) in [5.74, 6) is 2.11. The second-order valence-corrected chi connectivity index (χ2v) is 5.39. The largest absolute Gasteiger partial charge is 0.375 e. The molecular weight excluding hydrogens is 262 g/mol. The quantitative estimate of drug-likeness (QED) is 0.677. The molecule has 1 fully saturated rings. The number of hydrogen-bond acceptors (Lipinski definition) is 5. The SMILES string of the molecule is O=[N+]([O-])c1cncc(Cl)c1NC1CCCSC1. The minimum atomic E-state index is -0.461. The Morgan fingerprint density at radius 1 is 1.59 bits per heavy atom.